The molecule has 0 saturated carbocycles. The molecule has 3 rings (SSSR count). The van der Waals surface area contributed by atoms with E-state index in [9.17, 15) is 4.79 Å². The van der Waals surface area contributed by atoms with E-state index in [2.05, 4.69) is 16.5 Å². The molecular formula is C12H8N2OS. The van der Waals surface area contributed by atoms with Gasteiger partial charge in [0.05, 0.1) is 0 Å². The second-order valence-corrected chi connectivity index (χ2v) is 4.46. The molecule has 0 unspecified atom stereocenters. The van der Waals surface area contributed by atoms with Crippen LogP contribution in [0, 0.1) is 0 Å². The second kappa shape index (κ2) is 3.28. The molecule has 2 aromatic heterocycles. The molecule has 0 saturated heterocycles. The number of nitrogens with zero attached hydrogens (tertiary/aromatic N) is 1. The summed E-state index contributed by atoms with van der Waals surface area (Å²) in [6.45, 7) is 3.68. The van der Waals surface area contributed by atoms with E-state index in [-0.39, 0.29) is 5.56 Å². The van der Waals surface area contributed by atoms with Gasteiger partial charge in [0.15, 0.2) is 0 Å². The van der Waals surface area contributed by atoms with E-state index in [4.69, 9.17) is 0 Å². The molecule has 4 heteroatoms. The lowest BCUT2D eigenvalue weighted by Crippen LogP contribution is -2.04. The van der Waals surface area contributed by atoms with E-state index >= 15 is 0 Å². The fraction of sp³-hybridized carbons (Fsp3) is 0. The first-order chi connectivity index (χ1) is 7.79. The summed E-state index contributed by atoms with van der Waals surface area (Å²) in [7, 11) is 0. The summed E-state index contributed by atoms with van der Waals surface area (Å²) < 4.78 is 0. The molecule has 0 amide bonds. The molecule has 1 aromatic carbocycles. The molecule has 78 valence electrons. The zero-order chi connectivity index (χ0) is 11.1. The predicted octanol–water partition coefficient (Wildman–Crippen LogP) is 2.78. The Balaban J connectivity index is 2.62. The molecule has 0 spiro atoms. The molecule has 0 radical (unpaired) electrons. The van der Waals surface area contributed by atoms with Crippen LogP contribution in [0.15, 0.2) is 35.6 Å². The number of rotatable bonds is 1. The van der Waals surface area contributed by atoms with Crippen LogP contribution in [0.5, 0.6) is 0 Å². The molecule has 0 bridgehead atoms. The summed E-state index contributed by atoms with van der Waals surface area (Å²) in [5.74, 6) is 0. The molecule has 2 heterocycles. The minimum absolute atomic E-state index is 0.0673. The Morgan fingerprint density at radius 2 is 2.06 bits per heavy atom. The lowest BCUT2D eigenvalue weighted by Gasteiger charge is -1.96. The summed E-state index contributed by atoms with van der Waals surface area (Å²) >= 11 is 1.44. The third-order valence-corrected chi connectivity index (χ3v) is 3.44. The van der Waals surface area contributed by atoms with E-state index in [1.807, 2.05) is 18.2 Å². The molecule has 0 atom stereocenters. The number of thiazole rings is 1. The Bertz CT molecular complexity index is 754. The van der Waals surface area contributed by atoms with Crippen molar-refractivity contribution in [1.29, 1.82) is 0 Å². The largest absolute Gasteiger partial charge is 0.312 e. The Hall–Kier alpha value is -1.94. The van der Waals surface area contributed by atoms with Crippen molar-refractivity contribution in [3.05, 3.63) is 46.2 Å². The molecule has 0 aliphatic rings. The van der Waals surface area contributed by atoms with Crippen molar-refractivity contribution in [1.82, 2.24) is 9.97 Å². The van der Waals surface area contributed by atoms with Gasteiger partial charge in [0.25, 0.3) is 5.56 Å². The van der Waals surface area contributed by atoms with Crippen molar-refractivity contribution in [2.45, 2.75) is 0 Å². The van der Waals surface area contributed by atoms with Crippen LogP contribution in [-0.4, -0.2) is 9.97 Å². The van der Waals surface area contributed by atoms with Gasteiger partial charge in [0, 0.05) is 10.8 Å². The summed E-state index contributed by atoms with van der Waals surface area (Å²) in [4.78, 5) is 19.9. The van der Waals surface area contributed by atoms with Gasteiger partial charge in [-0.2, -0.15) is 0 Å². The van der Waals surface area contributed by atoms with Crippen molar-refractivity contribution >= 4 is 38.5 Å². The maximum absolute atomic E-state index is 11.8. The molecular weight excluding hydrogens is 220 g/mol. The first-order valence-electron chi connectivity index (χ1n) is 4.83. The lowest BCUT2D eigenvalue weighted by molar-refractivity contribution is 1.35. The van der Waals surface area contributed by atoms with Gasteiger partial charge >= 0.3 is 0 Å². The normalized spacial score (nSPS) is 11.0. The molecule has 3 aromatic rings. The number of nitrogens with one attached hydrogen (secondary N) is 1. The third-order valence-electron chi connectivity index (χ3n) is 2.47. The van der Waals surface area contributed by atoms with Crippen LogP contribution in [0.1, 0.15) is 5.01 Å². The topological polar surface area (TPSA) is 45.8 Å². The number of hydrogen-bond donors (Lipinski definition) is 1. The van der Waals surface area contributed by atoms with Crippen LogP contribution in [0.25, 0.3) is 27.2 Å². The zero-order valence-corrected chi connectivity index (χ0v) is 9.17. The molecule has 0 aliphatic carbocycles. The molecule has 0 fully saturated rings. The highest BCUT2D eigenvalue weighted by Gasteiger charge is 2.08. The fourth-order valence-corrected chi connectivity index (χ4v) is 2.57. The van der Waals surface area contributed by atoms with E-state index in [0.717, 1.165) is 20.7 Å². The first-order valence-corrected chi connectivity index (χ1v) is 5.65. The molecule has 16 heavy (non-hydrogen) atoms. The number of aromatic nitrogens is 2. The van der Waals surface area contributed by atoms with Crippen LogP contribution < -0.4 is 5.56 Å². The highest BCUT2D eigenvalue weighted by atomic mass is 32.1. The van der Waals surface area contributed by atoms with Crippen LogP contribution in [0.4, 0.5) is 0 Å². The van der Waals surface area contributed by atoms with Gasteiger partial charge in [-0.15, -0.1) is 0 Å². The lowest BCUT2D eigenvalue weighted by atomic mass is 10.1. The van der Waals surface area contributed by atoms with Crippen molar-refractivity contribution < 1.29 is 0 Å². The molecule has 0 aliphatic heterocycles. The Morgan fingerprint density at radius 1 is 1.31 bits per heavy atom. The average molecular weight is 228 g/mol. The minimum Gasteiger partial charge on any atom is -0.312 e. The van der Waals surface area contributed by atoms with Gasteiger partial charge < -0.3 is 4.98 Å². The number of hydrogen-bond acceptors (Lipinski definition) is 3. The summed E-state index contributed by atoms with van der Waals surface area (Å²) in [6.07, 6.45) is 1.69. The second-order valence-electron chi connectivity index (χ2n) is 3.43. The van der Waals surface area contributed by atoms with Gasteiger partial charge in [-0.05, 0) is 12.1 Å². The summed E-state index contributed by atoms with van der Waals surface area (Å²) in [6, 6.07) is 7.48. The highest BCUT2D eigenvalue weighted by Crippen LogP contribution is 2.25. The predicted molar refractivity (Wildman–Crippen MR) is 67.8 cm³/mol. The van der Waals surface area contributed by atoms with Crippen LogP contribution in [0.3, 0.4) is 0 Å². The third kappa shape index (κ3) is 1.20. The van der Waals surface area contributed by atoms with Gasteiger partial charge in [0.2, 0.25) is 0 Å². The monoisotopic (exact) mass is 228 g/mol. The number of H-pyrrole nitrogens is 1. The Kier molecular flexibility index (Phi) is 1.91. The van der Waals surface area contributed by atoms with Crippen molar-refractivity contribution in [3.8, 4) is 0 Å². The van der Waals surface area contributed by atoms with Crippen LogP contribution in [0.2, 0.25) is 0 Å². The fourth-order valence-electron chi connectivity index (χ4n) is 1.75. The number of benzene rings is 1. The minimum atomic E-state index is -0.0673. The van der Waals surface area contributed by atoms with Crippen molar-refractivity contribution in [2.24, 2.45) is 0 Å². The summed E-state index contributed by atoms with van der Waals surface area (Å²) in [5, 5.41) is 2.39. The van der Waals surface area contributed by atoms with E-state index < -0.39 is 0 Å². The summed E-state index contributed by atoms with van der Waals surface area (Å²) in [5.41, 5.74) is 0.775. The highest BCUT2D eigenvalue weighted by molar-refractivity contribution is 7.19. The standard InChI is InChI=1S/C12H8N2OS/c1-2-9-13-10-7-5-3-4-6-8(7)11(15)14-12(10)16-9/h2-6H,1H2,(H,14,15). The van der Waals surface area contributed by atoms with Crippen LogP contribution in [-0.2, 0) is 0 Å². The average Bonchev–Trinajstić information content (AvgIpc) is 2.72. The molecule has 3 nitrogen and oxygen atoms in total. The van der Waals surface area contributed by atoms with Gasteiger partial charge in [-0.3, -0.25) is 4.79 Å². The van der Waals surface area contributed by atoms with Gasteiger partial charge in [-0.25, -0.2) is 4.98 Å². The maximum atomic E-state index is 11.8. The number of fused-ring (bicyclic) bond motifs is 3. The number of pyridine rings is 1. The number of aromatic amines is 1. The van der Waals surface area contributed by atoms with Crippen molar-refractivity contribution in [3.63, 3.8) is 0 Å². The maximum Gasteiger partial charge on any atom is 0.257 e. The first kappa shape index (κ1) is 9.30. The van der Waals surface area contributed by atoms with E-state index in [1.54, 1.807) is 12.1 Å². The van der Waals surface area contributed by atoms with Crippen molar-refractivity contribution in [2.75, 3.05) is 0 Å². The van der Waals surface area contributed by atoms with Crippen LogP contribution >= 0.6 is 11.3 Å². The molecule has 1 N–H and O–H groups in total. The smallest absolute Gasteiger partial charge is 0.257 e. The Labute approximate surface area is 95.1 Å². The quantitative estimate of drug-likeness (QED) is 0.696. The Morgan fingerprint density at radius 3 is 2.81 bits per heavy atom. The van der Waals surface area contributed by atoms with E-state index in [0.29, 0.717) is 5.39 Å². The van der Waals surface area contributed by atoms with Gasteiger partial charge in [-0.1, -0.05) is 36.1 Å². The van der Waals surface area contributed by atoms with E-state index in [1.165, 1.54) is 11.3 Å². The zero-order valence-electron chi connectivity index (χ0n) is 8.36. The SMILES string of the molecule is C=Cc1nc2c([nH]c(=O)c3ccccc32)s1. The van der Waals surface area contributed by atoms with Gasteiger partial charge in [0.1, 0.15) is 15.4 Å².